The highest BCUT2D eigenvalue weighted by Crippen LogP contribution is 2.06. The van der Waals surface area contributed by atoms with Crippen LogP contribution in [-0.4, -0.2) is 31.8 Å². The van der Waals surface area contributed by atoms with Crippen molar-refractivity contribution in [2.75, 3.05) is 26.3 Å². The number of nitrogens with one attached hydrogen (secondary N) is 1. The van der Waals surface area contributed by atoms with Crippen LogP contribution in [0.5, 0.6) is 0 Å². The third-order valence-corrected chi connectivity index (χ3v) is 2.93. The van der Waals surface area contributed by atoms with E-state index in [4.69, 9.17) is 4.74 Å². The van der Waals surface area contributed by atoms with Crippen LogP contribution >= 0.6 is 0 Å². The largest absolute Gasteiger partial charge is 1.00 e. The maximum atomic E-state index is 5.35. The summed E-state index contributed by atoms with van der Waals surface area (Å²) in [7, 11) is 0. The van der Waals surface area contributed by atoms with Crippen molar-refractivity contribution >= 4 is 0 Å². The molecular formula is C10H22BrNO. The van der Waals surface area contributed by atoms with E-state index in [1.165, 1.54) is 25.9 Å². The molecule has 1 rings (SSSR count). The van der Waals surface area contributed by atoms with Crippen molar-refractivity contribution in [3.05, 3.63) is 0 Å². The molecule has 0 aromatic rings. The standard InChI is InChI=1S/C10H21NO.BrH/c1-4-5-10(2,3)11-6-8-12-9-7-11;/h4-9H2,1-3H3;1H. The number of hydrogen-bond acceptors (Lipinski definition) is 1. The van der Waals surface area contributed by atoms with Crippen LogP contribution in [0.3, 0.4) is 0 Å². The lowest BCUT2D eigenvalue weighted by Gasteiger charge is -2.37. The van der Waals surface area contributed by atoms with Crippen LogP contribution in [0.1, 0.15) is 33.6 Å². The molecule has 1 aliphatic heterocycles. The third-order valence-electron chi connectivity index (χ3n) is 2.93. The second kappa shape index (κ2) is 5.99. The summed E-state index contributed by atoms with van der Waals surface area (Å²) in [6.45, 7) is 11.3. The van der Waals surface area contributed by atoms with Crippen molar-refractivity contribution in [1.29, 1.82) is 0 Å². The van der Waals surface area contributed by atoms with Gasteiger partial charge >= 0.3 is 0 Å². The first-order valence-corrected chi connectivity index (χ1v) is 5.10. The van der Waals surface area contributed by atoms with Gasteiger partial charge in [0, 0.05) is 6.42 Å². The van der Waals surface area contributed by atoms with Gasteiger partial charge in [-0.05, 0) is 13.8 Å². The van der Waals surface area contributed by atoms with Crippen molar-refractivity contribution in [2.24, 2.45) is 0 Å². The van der Waals surface area contributed by atoms with Crippen LogP contribution in [0, 0.1) is 0 Å². The highest BCUT2D eigenvalue weighted by atomic mass is 79.9. The summed E-state index contributed by atoms with van der Waals surface area (Å²) in [4.78, 5) is 1.72. The van der Waals surface area contributed by atoms with Crippen LogP contribution in [0.15, 0.2) is 0 Å². The summed E-state index contributed by atoms with van der Waals surface area (Å²) in [6.07, 6.45) is 2.61. The number of morpholine rings is 1. The van der Waals surface area contributed by atoms with Crippen LogP contribution in [0.2, 0.25) is 0 Å². The Morgan fingerprint density at radius 1 is 1.23 bits per heavy atom. The topological polar surface area (TPSA) is 13.7 Å². The molecule has 0 bridgehead atoms. The maximum absolute atomic E-state index is 5.35. The predicted molar refractivity (Wildman–Crippen MR) is 50.5 cm³/mol. The number of rotatable bonds is 3. The Kier molecular flexibility index (Phi) is 6.18. The molecule has 0 radical (unpaired) electrons. The molecule has 1 fully saturated rings. The molecule has 0 unspecified atom stereocenters. The Labute approximate surface area is 92.4 Å². The van der Waals surface area contributed by atoms with E-state index in [2.05, 4.69) is 20.8 Å². The molecule has 1 aliphatic rings. The van der Waals surface area contributed by atoms with Crippen molar-refractivity contribution in [1.82, 2.24) is 0 Å². The van der Waals surface area contributed by atoms with Gasteiger partial charge in [0.1, 0.15) is 13.1 Å². The van der Waals surface area contributed by atoms with Gasteiger partial charge in [0.2, 0.25) is 0 Å². The third kappa shape index (κ3) is 3.96. The van der Waals surface area contributed by atoms with Crippen LogP contribution in [0.25, 0.3) is 0 Å². The second-order valence-corrected chi connectivity index (χ2v) is 4.35. The van der Waals surface area contributed by atoms with E-state index in [1.54, 1.807) is 4.90 Å². The molecule has 3 heteroatoms. The highest BCUT2D eigenvalue weighted by Gasteiger charge is 2.30. The molecule has 1 N–H and O–H groups in total. The fraction of sp³-hybridized carbons (Fsp3) is 1.00. The minimum Gasteiger partial charge on any atom is -1.00 e. The number of ether oxygens (including phenoxy) is 1. The van der Waals surface area contributed by atoms with Gasteiger partial charge in [0.05, 0.1) is 18.8 Å². The summed E-state index contributed by atoms with van der Waals surface area (Å²) < 4.78 is 5.35. The quantitative estimate of drug-likeness (QED) is 0.585. The summed E-state index contributed by atoms with van der Waals surface area (Å²) in [5.41, 5.74) is 0.457. The van der Waals surface area contributed by atoms with Crippen molar-refractivity contribution in [2.45, 2.75) is 39.2 Å². The van der Waals surface area contributed by atoms with Crippen molar-refractivity contribution in [3.8, 4) is 0 Å². The zero-order valence-corrected chi connectivity index (χ0v) is 10.6. The van der Waals surface area contributed by atoms with Crippen LogP contribution in [0.4, 0.5) is 0 Å². The van der Waals surface area contributed by atoms with E-state index in [0.717, 1.165) is 13.2 Å². The van der Waals surface area contributed by atoms with Gasteiger partial charge in [-0.1, -0.05) is 13.3 Å². The predicted octanol–water partition coefficient (Wildman–Crippen LogP) is -2.52. The molecule has 0 aromatic heterocycles. The van der Waals surface area contributed by atoms with Crippen molar-refractivity contribution in [3.63, 3.8) is 0 Å². The SMILES string of the molecule is CCCC(C)(C)[NH+]1CCOCC1.[Br-]. The normalized spacial score (nSPS) is 19.6. The molecular weight excluding hydrogens is 230 g/mol. The second-order valence-electron chi connectivity index (χ2n) is 4.35. The lowest BCUT2D eigenvalue weighted by Crippen LogP contribution is -3.21. The smallest absolute Gasteiger partial charge is 0.101 e. The van der Waals surface area contributed by atoms with Gasteiger partial charge in [-0.25, -0.2) is 0 Å². The summed E-state index contributed by atoms with van der Waals surface area (Å²) in [5, 5.41) is 0. The molecule has 0 atom stereocenters. The van der Waals surface area contributed by atoms with Gasteiger partial charge in [0.25, 0.3) is 0 Å². The molecule has 0 saturated carbocycles. The highest BCUT2D eigenvalue weighted by molar-refractivity contribution is 4.66. The monoisotopic (exact) mass is 251 g/mol. The van der Waals surface area contributed by atoms with Crippen LogP contribution in [-0.2, 0) is 4.74 Å². The molecule has 1 heterocycles. The summed E-state index contributed by atoms with van der Waals surface area (Å²) >= 11 is 0. The summed E-state index contributed by atoms with van der Waals surface area (Å²) in [6, 6.07) is 0. The van der Waals surface area contributed by atoms with Gasteiger partial charge in [0.15, 0.2) is 0 Å². The van der Waals surface area contributed by atoms with E-state index < -0.39 is 0 Å². The molecule has 2 nitrogen and oxygen atoms in total. The van der Waals surface area contributed by atoms with Crippen molar-refractivity contribution < 1.29 is 26.6 Å². The minimum absolute atomic E-state index is 0. The van der Waals surface area contributed by atoms with E-state index >= 15 is 0 Å². The molecule has 13 heavy (non-hydrogen) atoms. The van der Waals surface area contributed by atoms with Crippen LogP contribution < -0.4 is 21.9 Å². The molecule has 0 amide bonds. The fourth-order valence-corrected chi connectivity index (χ4v) is 2.10. The summed E-state index contributed by atoms with van der Waals surface area (Å²) in [5.74, 6) is 0. The molecule has 80 valence electrons. The molecule has 0 aromatic carbocycles. The Hall–Kier alpha value is 0.400. The average Bonchev–Trinajstić information content (AvgIpc) is 2.06. The lowest BCUT2D eigenvalue weighted by atomic mass is 9.96. The number of hydrogen-bond donors (Lipinski definition) is 1. The number of halogens is 1. The molecule has 0 spiro atoms. The van der Waals surface area contributed by atoms with Gasteiger partial charge in [-0.3, -0.25) is 0 Å². The van der Waals surface area contributed by atoms with E-state index in [0.29, 0.717) is 5.54 Å². The Bertz CT molecular complexity index is 133. The Balaban J connectivity index is 0.00000144. The fourth-order valence-electron chi connectivity index (χ4n) is 2.10. The number of quaternary nitrogens is 1. The zero-order valence-electron chi connectivity index (χ0n) is 9.03. The van der Waals surface area contributed by atoms with E-state index in [9.17, 15) is 0 Å². The van der Waals surface area contributed by atoms with E-state index in [-0.39, 0.29) is 17.0 Å². The first-order chi connectivity index (χ1) is 5.67. The molecule has 0 aliphatic carbocycles. The maximum Gasteiger partial charge on any atom is 0.101 e. The minimum atomic E-state index is 0. The van der Waals surface area contributed by atoms with Gasteiger partial charge in [-0.15, -0.1) is 0 Å². The Morgan fingerprint density at radius 2 is 1.77 bits per heavy atom. The van der Waals surface area contributed by atoms with Gasteiger partial charge in [-0.2, -0.15) is 0 Å². The first kappa shape index (κ1) is 13.4. The van der Waals surface area contributed by atoms with Gasteiger partial charge < -0.3 is 26.6 Å². The average molecular weight is 252 g/mol. The lowest BCUT2D eigenvalue weighted by molar-refractivity contribution is -0.956. The molecule has 1 saturated heterocycles. The Morgan fingerprint density at radius 3 is 2.23 bits per heavy atom. The zero-order chi connectivity index (χ0) is 9.03. The van der Waals surface area contributed by atoms with E-state index in [1.807, 2.05) is 0 Å². The first-order valence-electron chi connectivity index (χ1n) is 5.10.